The minimum absolute atomic E-state index is 0. The summed E-state index contributed by atoms with van der Waals surface area (Å²) in [5.41, 5.74) is 17.4. The summed E-state index contributed by atoms with van der Waals surface area (Å²) in [6, 6.07) is 57.9. The molecule has 6 aromatic carbocycles. The molecule has 0 atom stereocenters. The largest absolute Gasteiger partial charge is 0.486 e. The zero-order valence-corrected chi connectivity index (χ0v) is 44.3. The van der Waals surface area contributed by atoms with Gasteiger partial charge in [0.25, 0.3) is 0 Å². The van der Waals surface area contributed by atoms with E-state index in [9.17, 15) is 0 Å². The second-order valence-electron chi connectivity index (χ2n) is 19.9. The Labute approximate surface area is 417 Å². The molecule has 0 saturated heterocycles. The maximum atomic E-state index is 6.44. The predicted molar refractivity (Wildman–Crippen MR) is 284 cm³/mol. The molecule has 0 bridgehead atoms. The fourth-order valence-corrected chi connectivity index (χ4v) is 10.9. The van der Waals surface area contributed by atoms with Crippen molar-refractivity contribution in [3.8, 4) is 50.6 Å². The van der Waals surface area contributed by atoms with Crippen molar-refractivity contribution in [1.82, 2.24) is 19.5 Å². The molecule has 10 aromatic rings. The molecule has 345 valence electrons. The minimum atomic E-state index is -1.40. The number of imidazole rings is 1. The molecule has 7 heteroatoms. The van der Waals surface area contributed by atoms with E-state index in [0.717, 1.165) is 62.1 Å². The molecular formula is C61H60IrN4OSi-2. The molecule has 0 aliphatic rings. The summed E-state index contributed by atoms with van der Waals surface area (Å²) in [7, 11) is -1.40. The maximum absolute atomic E-state index is 6.44. The molecular weight excluding hydrogens is 1030 g/mol. The van der Waals surface area contributed by atoms with Gasteiger partial charge in [-0.15, -0.1) is 53.6 Å². The molecule has 68 heavy (non-hydrogen) atoms. The third kappa shape index (κ3) is 9.85. The van der Waals surface area contributed by atoms with Gasteiger partial charge < -0.3 is 14.0 Å². The normalized spacial score (nSPS) is 11.7. The number of nitrogens with zero attached hydrogens (tertiary/aromatic N) is 4. The number of aromatic nitrogens is 4. The third-order valence-corrected chi connectivity index (χ3v) is 14.6. The van der Waals surface area contributed by atoms with Crippen molar-refractivity contribution in [3.05, 3.63) is 186 Å². The number of aryl methyl sites for hydroxylation is 1. The molecule has 0 aliphatic heterocycles. The van der Waals surface area contributed by atoms with Crippen LogP contribution in [0.4, 0.5) is 0 Å². The van der Waals surface area contributed by atoms with Gasteiger partial charge in [0.15, 0.2) is 0 Å². The second-order valence-corrected chi connectivity index (χ2v) is 24.9. The van der Waals surface area contributed by atoms with E-state index < -0.39 is 8.07 Å². The molecule has 0 amide bonds. The Morgan fingerprint density at radius 3 is 1.91 bits per heavy atom. The number of pyridine rings is 2. The van der Waals surface area contributed by atoms with Gasteiger partial charge in [-0.2, -0.15) is 0 Å². The van der Waals surface area contributed by atoms with Gasteiger partial charge in [0.1, 0.15) is 0 Å². The minimum Gasteiger partial charge on any atom is -0.486 e. The Balaban J connectivity index is 0.000000201. The van der Waals surface area contributed by atoms with E-state index in [1.165, 1.54) is 49.8 Å². The molecule has 10 rings (SSSR count). The van der Waals surface area contributed by atoms with Crippen LogP contribution in [0.15, 0.2) is 156 Å². The summed E-state index contributed by atoms with van der Waals surface area (Å²) in [6.45, 7) is 22.9. The van der Waals surface area contributed by atoms with Crippen molar-refractivity contribution in [2.75, 3.05) is 0 Å². The van der Waals surface area contributed by atoms with Crippen molar-refractivity contribution < 1.29 is 24.5 Å². The van der Waals surface area contributed by atoms with E-state index in [2.05, 4.69) is 204 Å². The van der Waals surface area contributed by atoms with E-state index in [1.54, 1.807) is 0 Å². The van der Waals surface area contributed by atoms with Gasteiger partial charge in [-0.3, -0.25) is 4.98 Å². The van der Waals surface area contributed by atoms with Gasteiger partial charge >= 0.3 is 0 Å². The molecule has 0 N–H and O–H groups in total. The van der Waals surface area contributed by atoms with Crippen LogP contribution in [0.5, 0.6) is 0 Å². The zero-order chi connectivity index (χ0) is 47.0. The smallest absolute Gasteiger partial charge is 0.216 e. The van der Waals surface area contributed by atoms with E-state index in [-0.39, 0.29) is 20.1 Å². The van der Waals surface area contributed by atoms with E-state index in [1.807, 2.05) is 37.3 Å². The molecule has 0 fully saturated rings. The number of hydrogen-bond acceptors (Lipinski definition) is 4. The number of fused-ring (bicyclic) bond motifs is 4. The molecule has 0 unspecified atom stereocenters. The summed E-state index contributed by atoms with van der Waals surface area (Å²) in [4.78, 5) is 14.7. The maximum Gasteiger partial charge on any atom is 0.216 e. The van der Waals surface area contributed by atoms with Crippen LogP contribution in [0.3, 0.4) is 0 Å². The Morgan fingerprint density at radius 1 is 0.632 bits per heavy atom. The summed E-state index contributed by atoms with van der Waals surface area (Å²) in [6.07, 6.45) is 3.23. The Kier molecular flexibility index (Phi) is 14.3. The predicted octanol–water partition coefficient (Wildman–Crippen LogP) is 16.0. The van der Waals surface area contributed by atoms with Crippen LogP contribution >= 0.6 is 0 Å². The molecule has 0 aliphatic carbocycles. The number of para-hydroxylation sites is 2. The molecule has 4 aromatic heterocycles. The number of furan rings is 1. The van der Waals surface area contributed by atoms with Crippen LogP contribution in [0.2, 0.25) is 19.6 Å². The number of rotatable bonds is 10. The first kappa shape index (κ1) is 48.2. The SMILES string of the molecule is CC(C)Cc1cc(-c2[c-]ccc(-c3ccccc3)c2)ncc1[Si](C)(C)C.Cc1ccc2c(n1)oc1c(-c3nc4ccccc4n3-c3c(C(C)C)cc(-c4ccccc4)cc3C(C)C)[c-]ccc12.[Ir]. The third-order valence-electron chi connectivity index (χ3n) is 12.6. The average Bonchev–Trinajstić information content (AvgIpc) is 3.89. The summed E-state index contributed by atoms with van der Waals surface area (Å²) < 4.78 is 8.78. The molecule has 1 radical (unpaired) electrons. The Bertz CT molecular complexity index is 3330. The van der Waals surface area contributed by atoms with Crippen LogP contribution in [0.1, 0.15) is 75.8 Å². The Hall–Kier alpha value is -6.24. The summed E-state index contributed by atoms with van der Waals surface area (Å²) in [5, 5.41) is 3.50. The van der Waals surface area contributed by atoms with Gasteiger partial charge in [0.2, 0.25) is 5.71 Å². The summed E-state index contributed by atoms with van der Waals surface area (Å²) in [5.74, 6) is 2.04. The summed E-state index contributed by atoms with van der Waals surface area (Å²) >= 11 is 0. The first-order valence-corrected chi connectivity index (χ1v) is 27.2. The van der Waals surface area contributed by atoms with Crippen molar-refractivity contribution in [1.29, 1.82) is 0 Å². The fraction of sp³-hybridized carbons (Fsp3) is 0.230. The second kappa shape index (κ2) is 20.2. The zero-order valence-electron chi connectivity index (χ0n) is 40.9. The molecule has 4 heterocycles. The van der Waals surface area contributed by atoms with E-state index in [0.29, 0.717) is 23.5 Å². The van der Waals surface area contributed by atoms with Crippen LogP contribution < -0.4 is 5.19 Å². The van der Waals surface area contributed by atoms with Crippen molar-refractivity contribution in [2.45, 2.75) is 86.4 Å². The molecule has 5 nitrogen and oxygen atoms in total. The standard InChI is InChI=1S/C37H32N3O.C24H28NSi.Ir/c1-22(2)30-20-26(25-12-7-6-8-13-25)21-31(23(3)4)34(30)40-33-17-10-9-16-32(33)39-36(40)29-15-11-14-27-28-19-18-24(5)38-37(28)41-35(27)29;1-18(2)14-22-16-23(25-17-24(22)26(3,4)5)21-13-9-12-20(15-21)19-10-7-6-8-11-19;/h6-14,16-23H,1-5H3;6-12,15-18H,14H2,1-5H3;/q2*-1;. The molecule has 0 saturated carbocycles. The quantitative estimate of drug-likeness (QED) is 0.101. The van der Waals surface area contributed by atoms with Gasteiger partial charge in [0.05, 0.1) is 30.5 Å². The molecule has 0 spiro atoms. The van der Waals surface area contributed by atoms with Crippen molar-refractivity contribution in [2.24, 2.45) is 5.92 Å². The fourth-order valence-electron chi connectivity index (χ4n) is 9.27. The van der Waals surface area contributed by atoms with Gasteiger partial charge in [-0.05, 0) is 106 Å². The van der Waals surface area contributed by atoms with Crippen LogP contribution in [-0.2, 0) is 26.5 Å². The van der Waals surface area contributed by atoms with Crippen LogP contribution in [0, 0.1) is 25.0 Å². The van der Waals surface area contributed by atoms with Crippen molar-refractivity contribution >= 4 is 46.4 Å². The number of hydrogen-bond donors (Lipinski definition) is 0. The van der Waals surface area contributed by atoms with E-state index in [4.69, 9.17) is 14.4 Å². The average molecular weight is 1090 g/mol. The van der Waals surface area contributed by atoms with E-state index >= 15 is 0 Å². The Morgan fingerprint density at radius 2 is 1.26 bits per heavy atom. The topological polar surface area (TPSA) is 56.7 Å². The monoisotopic (exact) mass is 1090 g/mol. The first-order valence-electron chi connectivity index (χ1n) is 23.7. The number of benzene rings is 6. The van der Waals surface area contributed by atoms with Gasteiger partial charge in [-0.25, -0.2) is 4.98 Å². The van der Waals surface area contributed by atoms with Crippen LogP contribution in [0.25, 0.3) is 83.7 Å². The van der Waals surface area contributed by atoms with Gasteiger partial charge in [-0.1, -0.05) is 157 Å². The van der Waals surface area contributed by atoms with Crippen molar-refractivity contribution in [3.63, 3.8) is 0 Å². The van der Waals surface area contributed by atoms with Gasteiger partial charge in [0, 0.05) is 43.1 Å². The first-order chi connectivity index (χ1) is 32.2. The van der Waals surface area contributed by atoms with Crippen LogP contribution in [-0.4, -0.2) is 27.6 Å².